The van der Waals surface area contributed by atoms with E-state index in [9.17, 15) is 0 Å². The Hall–Kier alpha value is -0.600. The van der Waals surface area contributed by atoms with Crippen molar-refractivity contribution in [3.63, 3.8) is 0 Å². The van der Waals surface area contributed by atoms with Gasteiger partial charge in [0.1, 0.15) is 5.82 Å². The van der Waals surface area contributed by atoms with Gasteiger partial charge >= 0.3 is 0 Å². The molecule has 0 atom stereocenters. The molecule has 160 valence electrons. The molecule has 2 fully saturated rings. The first-order valence-corrected chi connectivity index (χ1v) is 11.2. The lowest BCUT2D eigenvalue weighted by Crippen LogP contribution is -2.35. The predicted molar refractivity (Wildman–Crippen MR) is 121 cm³/mol. The van der Waals surface area contributed by atoms with Crippen LogP contribution in [0.25, 0.3) is 0 Å². The highest BCUT2D eigenvalue weighted by molar-refractivity contribution is 5.85. The first kappa shape index (κ1) is 23.7. The van der Waals surface area contributed by atoms with Crippen molar-refractivity contribution < 1.29 is 4.39 Å². The van der Waals surface area contributed by atoms with Crippen LogP contribution in [-0.4, -0.2) is 24.5 Å². The number of unbranched alkanes of at least 4 members (excludes halogenated alkanes) is 1. The molecule has 0 amide bonds. The van der Waals surface area contributed by atoms with Crippen molar-refractivity contribution in [2.24, 2.45) is 10.8 Å². The SMILES string of the molecule is CCCCN1CCC(c2c(F)cccc2C2CC(C)(C)CC(C)(C)C2)CC1.Cl. The van der Waals surface area contributed by atoms with Crippen molar-refractivity contribution in [1.29, 1.82) is 0 Å². The molecular weight excluding hydrogens is 369 g/mol. The van der Waals surface area contributed by atoms with Gasteiger partial charge < -0.3 is 4.90 Å². The van der Waals surface area contributed by atoms with E-state index in [0.717, 1.165) is 31.5 Å². The van der Waals surface area contributed by atoms with Gasteiger partial charge in [-0.3, -0.25) is 0 Å². The van der Waals surface area contributed by atoms with Crippen LogP contribution in [0.4, 0.5) is 4.39 Å². The molecule has 2 aliphatic rings. The monoisotopic (exact) mass is 409 g/mol. The van der Waals surface area contributed by atoms with Crippen molar-refractivity contribution in [3.05, 3.63) is 35.1 Å². The quantitative estimate of drug-likeness (QED) is 0.485. The van der Waals surface area contributed by atoms with Crippen molar-refractivity contribution in [1.82, 2.24) is 4.90 Å². The molecule has 1 nitrogen and oxygen atoms in total. The van der Waals surface area contributed by atoms with Crippen LogP contribution in [0, 0.1) is 16.6 Å². The first-order valence-electron chi connectivity index (χ1n) is 11.2. The number of rotatable bonds is 5. The lowest BCUT2D eigenvalue weighted by atomic mass is 9.59. The van der Waals surface area contributed by atoms with Gasteiger partial charge in [-0.05, 0) is 98.0 Å². The normalized spacial score (nSPS) is 23.4. The summed E-state index contributed by atoms with van der Waals surface area (Å²) in [5.41, 5.74) is 3.05. The Labute approximate surface area is 178 Å². The fourth-order valence-electron chi connectivity index (χ4n) is 6.23. The van der Waals surface area contributed by atoms with Gasteiger partial charge in [0.25, 0.3) is 0 Å². The predicted octanol–water partition coefficient (Wildman–Crippen LogP) is 7.55. The molecule has 1 saturated heterocycles. The first-order chi connectivity index (χ1) is 12.7. The molecule has 3 heteroatoms. The highest BCUT2D eigenvalue weighted by atomic mass is 35.5. The van der Waals surface area contributed by atoms with Crippen molar-refractivity contribution in [2.45, 2.75) is 91.4 Å². The third kappa shape index (κ3) is 5.72. The van der Waals surface area contributed by atoms with Crippen molar-refractivity contribution >= 4 is 12.4 Å². The zero-order chi connectivity index (χ0) is 19.7. The van der Waals surface area contributed by atoms with E-state index in [0.29, 0.717) is 22.7 Å². The van der Waals surface area contributed by atoms with Gasteiger partial charge in [-0.25, -0.2) is 4.39 Å². The van der Waals surface area contributed by atoms with E-state index in [1.54, 1.807) is 6.07 Å². The molecule has 0 radical (unpaired) electrons. The van der Waals surface area contributed by atoms with Crippen LogP contribution < -0.4 is 0 Å². The minimum absolute atomic E-state index is 0. The standard InChI is InChI=1S/C25H40FN.ClH/c1-6-7-13-27-14-11-19(12-15-27)23-21(9-8-10-22(23)26)20-16-24(2,3)18-25(4,5)17-20;/h8-10,19-20H,6-7,11-18H2,1-5H3;1H. The molecule has 28 heavy (non-hydrogen) atoms. The van der Waals surface area contributed by atoms with Gasteiger partial charge in [0.05, 0.1) is 0 Å². The molecule has 1 aliphatic carbocycles. The largest absolute Gasteiger partial charge is 0.303 e. The van der Waals surface area contributed by atoms with Gasteiger partial charge in [0.15, 0.2) is 0 Å². The zero-order valence-electron chi connectivity index (χ0n) is 18.7. The Morgan fingerprint density at radius 3 is 2.18 bits per heavy atom. The van der Waals surface area contributed by atoms with Crippen molar-refractivity contribution in [2.75, 3.05) is 19.6 Å². The van der Waals surface area contributed by atoms with Gasteiger partial charge in [0.2, 0.25) is 0 Å². The maximum Gasteiger partial charge on any atom is 0.126 e. The third-order valence-electron chi connectivity index (χ3n) is 6.91. The summed E-state index contributed by atoms with van der Waals surface area (Å²) < 4.78 is 15.1. The second-order valence-electron chi connectivity index (χ2n) is 10.8. The lowest BCUT2D eigenvalue weighted by Gasteiger charge is -2.46. The number of nitrogens with zero attached hydrogens (tertiary/aromatic N) is 1. The second kappa shape index (κ2) is 9.47. The van der Waals surface area contributed by atoms with E-state index in [4.69, 9.17) is 0 Å². The second-order valence-corrected chi connectivity index (χ2v) is 10.8. The van der Waals surface area contributed by atoms with Crippen molar-refractivity contribution in [3.8, 4) is 0 Å². The van der Waals surface area contributed by atoms with E-state index in [-0.39, 0.29) is 18.2 Å². The molecular formula is C25H41ClFN. The molecule has 1 saturated carbocycles. The fraction of sp³-hybridized carbons (Fsp3) is 0.760. The lowest BCUT2D eigenvalue weighted by molar-refractivity contribution is 0.0960. The van der Waals surface area contributed by atoms with Gasteiger partial charge in [-0.1, -0.05) is 53.2 Å². The van der Waals surface area contributed by atoms with E-state index in [1.807, 2.05) is 6.07 Å². The summed E-state index contributed by atoms with van der Waals surface area (Å²) in [6.07, 6.45) is 8.38. The summed E-state index contributed by atoms with van der Waals surface area (Å²) in [4.78, 5) is 2.58. The summed E-state index contributed by atoms with van der Waals surface area (Å²) in [6.45, 7) is 15.3. The number of piperidine rings is 1. The summed E-state index contributed by atoms with van der Waals surface area (Å²) in [7, 11) is 0. The van der Waals surface area contributed by atoms with Crippen LogP contribution in [0.3, 0.4) is 0 Å². The van der Waals surface area contributed by atoms with Crippen LogP contribution in [0.1, 0.15) is 103 Å². The number of likely N-dealkylation sites (tertiary alicyclic amines) is 1. The molecule has 1 aromatic rings. The Balaban J connectivity index is 0.00000280. The smallest absolute Gasteiger partial charge is 0.126 e. The van der Waals surface area contributed by atoms with Gasteiger partial charge in [-0.15, -0.1) is 12.4 Å². The molecule has 0 N–H and O–H groups in total. The molecule has 3 rings (SSSR count). The average Bonchev–Trinajstić information content (AvgIpc) is 2.57. The summed E-state index contributed by atoms with van der Waals surface area (Å²) >= 11 is 0. The molecule has 1 aliphatic heterocycles. The molecule has 1 heterocycles. The third-order valence-corrected chi connectivity index (χ3v) is 6.91. The van der Waals surface area contributed by atoms with E-state index in [2.05, 4.69) is 45.6 Å². The van der Waals surface area contributed by atoms with Gasteiger partial charge in [-0.2, -0.15) is 0 Å². The molecule has 0 aromatic heterocycles. The topological polar surface area (TPSA) is 3.24 Å². The van der Waals surface area contributed by atoms with Gasteiger partial charge in [0, 0.05) is 0 Å². The summed E-state index contributed by atoms with van der Waals surface area (Å²) in [5.74, 6) is 0.931. The Morgan fingerprint density at radius 1 is 1.00 bits per heavy atom. The summed E-state index contributed by atoms with van der Waals surface area (Å²) in [5, 5.41) is 0. The number of halogens is 2. The molecule has 1 aromatic carbocycles. The van der Waals surface area contributed by atoms with Crippen LogP contribution in [0.5, 0.6) is 0 Å². The molecule has 0 spiro atoms. The minimum atomic E-state index is 0. The number of hydrogen-bond donors (Lipinski definition) is 0. The maximum absolute atomic E-state index is 15.1. The number of hydrogen-bond acceptors (Lipinski definition) is 1. The maximum atomic E-state index is 15.1. The van der Waals surface area contributed by atoms with Crippen LogP contribution >= 0.6 is 12.4 Å². The Kier molecular flexibility index (Phi) is 8.01. The van der Waals surface area contributed by atoms with Crippen LogP contribution in [0.15, 0.2) is 18.2 Å². The fourth-order valence-corrected chi connectivity index (χ4v) is 6.23. The Morgan fingerprint density at radius 2 is 1.61 bits per heavy atom. The molecule has 0 unspecified atom stereocenters. The Bertz CT molecular complexity index is 615. The highest BCUT2D eigenvalue weighted by Crippen LogP contribution is 2.53. The molecule has 0 bridgehead atoms. The highest BCUT2D eigenvalue weighted by Gasteiger charge is 2.40. The summed E-state index contributed by atoms with van der Waals surface area (Å²) in [6, 6.07) is 5.88. The average molecular weight is 410 g/mol. The van der Waals surface area contributed by atoms with Crippen LogP contribution in [0.2, 0.25) is 0 Å². The van der Waals surface area contributed by atoms with Crippen LogP contribution in [-0.2, 0) is 0 Å². The van der Waals surface area contributed by atoms with E-state index < -0.39 is 0 Å². The van der Waals surface area contributed by atoms with E-state index >= 15 is 4.39 Å². The minimum Gasteiger partial charge on any atom is -0.303 e. The number of benzene rings is 1. The van der Waals surface area contributed by atoms with E-state index in [1.165, 1.54) is 44.2 Å². The zero-order valence-corrected chi connectivity index (χ0v) is 19.5.